The molecule has 1 N–H and O–H groups in total. The second kappa shape index (κ2) is 8.02. The normalized spacial score (nSPS) is 20.4. The molecule has 1 heterocycles. The zero-order valence-electron chi connectivity index (χ0n) is 14.7. The van der Waals surface area contributed by atoms with Gasteiger partial charge in [0, 0.05) is 23.7 Å². The van der Waals surface area contributed by atoms with Crippen LogP contribution < -0.4 is 4.74 Å². The maximum absolute atomic E-state index is 12.8. The number of ether oxygens (including phenoxy) is 1. The number of aromatic hydroxyl groups is 1. The lowest BCUT2D eigenvalue weighted by molar-refractivity contribution is -0.143. The predicted octanol–water partition coefficient (Wildman–Crippen LogP) is 4.32. The van der Waals surface area contributed by atoms with E-state index in [1.807, 2.05) is 0 Å². The van der Waals surface area contributed by atoms with Crippen LogP contribution in [-0.4, -0.2) is 34.0 Å². The molecule has 1 aromatic carbocycles. The molecule has 3 rings (SSSR count). The summed E-state index contributed by atoms with van der Waals surface area (Å²) in [5.41, 5.74) is 0.638. The molecule has 0 spiro atoms. The lowest BCUT2D eigenvalue weighted by Crippen LogP contribution is -2.28. The Morgan fingerprint density at radius 1 is 1.26 bits per heavy atom. The van der Waals surface area contributed by atoms with E-state index in [0.717, 1.165) is 30.4 Å². The molecule has 5 nitrogen and oxygen atoms in total. The Morgan fingerprint density at radius 2 is 2.04 bits per heavy atom. The first-order valence-corrected chi connectivity index (χ1v) is 8.87. The average molecular weight is 382 g/mol. The number of aldehydes is 1. The number of phenols is 1. The van der Waals surface area contributed by atoms with Gasteiger partial charge >= 0.3 is 6.18 Å². The number of alkyl halides is 3. The highest BCUT2D eigenvalue weighted by Crippen LogP contribution is 2.39. The van der Waals surface area contributed by atoms with E-state index in [1.165, 1.54) is 12.3 Å². The lowest BCUT2D eigenvalue weighted by Gasteiger charge is -2.32. The number of carbonyl (C=O) groups is 1. The highest BCUT2D eigenvalue weighted by molar-refractivity contribution is 5.83. The molecule has 1 saturated carbocycles. The molecule has 0 aliphatic heterocycles. The first kappa shape index (κ1) is 19.3. The van der Waals surface area contributed by atoms with E-state index in [0.29, 0.717) is 12.0 Å². The van der Waals surface area contributed by atoms with Crippen LogP contribution in [0.5, 0.6) is 11.5 Å². The summed E-state index contributed by atoms with van der Waals surface area (Å²) >= 11 is 0. The number of hydrogen-bond donors (Lipinski definition) is 1. The molecule has 1 aromatic heterocycles. The van der Waals surface area contributed by atoms with E-state index in [-0.39, 0.29) is 35.5 Å². The number of rotatable bonds is 6. The van der Waals surface area contributed by atoms with Gasteiger partial charge in [0.15, 0.2) is 6.29 Å². The van der Waals surface area contributed by atoms with Crippen molar-refractivity contribution in [3.63, 3.8) is 0 Å². The zero-order chi connectivity index (χ0) is 19.4. The Bertz CT molecular complexity index is 789. The number of aromatic nitrogens is 2. The van der Waals surface area contributed by atoms with Gasteiger partial charge in [-0.3, -0.25) is 9.48 Å². The van der Waals surface area contributed by atoms with E-state index in [4.69, 9.17) is 4.74 Å². The van der Waals surface area contributed by atoms with Gasteiger partial charge in [-0.1, -0.05) is 18.9 Å². The van der Waals surface area contributed by atoms with Crippen LogP contribution >= 0.6 is 0 Å². The van der Waals surface area contributed by atoms with Crippen molar-refractivity contribution < 1.29 is 27.8 Å². The van der Waals surface area contributed by atoms with E-state index < -0.39 is 12.7 Å². The van der Waals surface area contributed by atoms with Crippen LogP contribution in [0, 0.1) is 5.92 Å². The summed E-state index contributed by atoms with van der Waals surface area (Å²) in [6, 6.07) is 6.21. The molecular formula is C19H21F3N2O3. The SMILES string of the molecule is O=Cc1c(O)cccc1OCC1CCCCC1c1ccnn1CC(F)(F)F. The second-order valence-electron chi connectivity index (χ2n) is 6.80. The number of halogens is 3. The maximum Gasteiger partial charge on any atom is 0.408 e. The summed E-state index contributed by atoms with van der Waals surface area (Å²) in [6.45, 7) is -0.854. The van der Waals surface area contributed by atoms with Gasteiger partial charge in [0.2, 0.25) is 0 Å². The van der Waals surface area contributed by atoms with Crippen LogP contribution in [0.3, 0.4) is 0 Å². The Kier molecular flexibility index (Phi) is 5.72. The Balaban J connectivity index is 1.76. The highest BCUT2D eigenvalue weighted by Gasteiger charge is 2.34. The van der Waals surface area contributed by atoms with Gasteiger partial charge < -0.3 is 9.84 Å². The molecule has 0 bridgehead atoms. The summed E-state index contributed by atoms with van der Waals surface area (Å²) < 4.78 is 45.2. The topological polar surface area (TPSA) is 64.3 Å². The fraction of sp³-hybridized carbons (Fsp3) is 0.474. The van der Waals surface area contributed by atoms with Crippen LogP contribution in [0.2, 0.25) is 0 Å². The largest absolute Gasteiger partial charge is 0.507 e. The van der Waals surface area contributed by atoms with Crippen LogP contribution in [0.1, 0.15) is 47.7 Å². The molecule has 0 radical (unpaired) electrons. The minimum absolute atomic E-state index is 0.00397. The second-order valence-corrected chi connectivity index (χ2v) is 6.80. The first-order valence-electron chi connectivity index (χ1n) is 8.87. The molecule has 1 aliphatic carbocycles. The lowest BCUT2D eigenvalue weighted by atomic mass is 9.78. The average Bonchev–Trinajstić information content (AvgIpc) is 3.06. The molecule has 0 saturated heterocycles. The van der Waals surface area contributed by atoms with Crippen molar-refractivity contribution in [2.45, 2.75) is 44.3 Å². The summed E-state index contributed by atoms with van der Waals surface area (Å²) in [6.07, 6.45) is 1.08. The third-order valence-corrected chi connectivity index (χ3v) is 4.98. The standard InChI is InChI=1S/C19H21F3N2O3/c20-19(21,22)12-24-16(8-9-23-24)14-5-2-1-4-13(14)11-27-18-7-3-6-17(26)15(18)10-25/h3,6-10,13-14,26H,1-2,4-5,11-12H2. The fourth-order valence-electron chi connectivity index (χ4n) is 3.73. The van der Waals surface area contributed by atoms with E-state index in [9.17, 15) is 23.1 Å². The summed E-state index contributed by atoms with van der Waals surface area (Å²) in [4.78, 5) is 11.2. The smallest absolute Gasteiger partial charge is 0.408 e. The van der Waals surface area contributed by atoms with Gasteiger partial charge in [0.05, 0.1) is 12.2 Å². The molecular weight excluding hydrogens is 361 g/mol. The molecule has 0 amide bonds. The molecule has 2 atom stereocenters. The number of nitrogens with zero attached hydrogens (tertiary/aromatic N) is 2. The van der Waals surface area contributed by atoms with Crippen molar-refractivity contribution in [2.24, 2.45) is 5.92 Å². The molecule has 2 unspecified atom stereocenters. The minimum atomic E-state index is -4.33. The maximum atomic E-state index is 12.8. The number of hydrogen-bond acceptors (Lipinski definition) is 4. The third kappa shape index (κ3) is 4.61. The Hall–Kier alpha value is -2.51. The Labute approximate surface area is 154 Å². The third-order valence-electron chi connectivity index (χ3n) is 4.98. The highest BCUT2D eigenvalue weighted by atomic mass is 19.4. The number of phenolic OH excluding ortho intramolecular Hbond substituents is 1. The van der Waals surface area contributed by atoms with Crippen molar-refractivity contribution in [1.82, 2.24) is 9.78 Å². The van der Waals surface area contributed by atoms with E-state index in [1.54, 1.807) is 18.2 Å². The van der Waals surface area contributed by atoms with Crippen LogP contribution in [0.25, 0.3) is 0 Å². The molecule has 146 valence electrons. The zero-order valence-corrected chi connectivity index (χ0v) is 14.7. The summed E-state index contributed by atoms with van der Waals surface area (Å²) in [5, 5.41) is 13.6. The van der Waals surface area contributed by atoms with Crippen LogP contribution in [0.4, 0.5) is 13.2 Å². The molecule has 1 fully saturated rings. The molecule has 8 heteroatoms. The minimum Gasteiger partial charge on any atom is -0.507 e. The molecule has 27 heavy (non-hydrogen) atoms. The van der Waals surface area contributed by atoms with E-state index in [2.05, 4.69) is 5.10 Å². The fourth-order valence-corrected chi connectivity index (χ4v) is 3.73. The van der Waals surface area contributed by atoms with Gasteiger partial charge in [0.1, 0.15) is 18.0 Å². The number of benzene rings is 1. The molecule has 1 aliphatic rings. The molecule has 2 aromatic rings. The quantitative estimate of drug-likeness (QED) is 0.756. The van der Waals surface area contributed by atoms with Crippen molar-refractivity contribution in [3.05, 3.63) is 41.7 Å². The summed E-state index contributed by atoms with van der Waals surface area (Å²) in [5.74, 6) is 0.0222. The van der Waals surface area contributed by atoms with Crippen molar-refractivity contribution in [3.8, 4) is 11.5 Å². The van der Waals surface area contributed by atoms with Gasteiger partial charge in [-0.2, -0.15) is 18.3 Å². The van der Waals surface area contributed by atoms with Crippen molar-refractivity contribution >= 4 is 6.29 Å². The van der Waals surface area contributed by atoms with Crippen LogP contribution in [0.15, 0.2) is 30.5 Å². The van der Waals surface area contributed by atoms with Gasteiger partial charge in [0.25, 0.3) is 0 Å². The van der Waals surface area contributed by atoms with Gasteiger partial charge in [-0.15, -0.1) is 0 Å². The summed E-state index contributed by atoms with van der Waals surface area (Å²) in [7, 11) is 0. The monoisotopic (exact) mass is 382 g/mol. The first-order chi connectivity index (χ1) is 12.9. The number of carbonyl (C=O) groups excluding carboxylic acids is 1. The van der Waals surface area contributed by atoms with Crippen molar-refractivity contribution in [2.75, 3.05) is 6.61 Å². The predicted molar refractivity (Wildman–Crippen MR) is 92.0 cm³/mol. The van der Waals surface area contributed by atoms with Gasteiger partial charge in [-0.05, 0) is 31.0 Å². The van der Waals surface area contributed by atoms with Gasteiger partial charge in [-0.25, -0.2) is 0 Å². The van der Waals surface area contributed by atoms with Crippen LogP contribution in [-0.2, 0) is 6.54 Å². The van der Waals surface area contributed by atoms with E-state index >= 15 is 0 Å². The Morgan fingerprint density at radius 3 is 2.78 bits per heavy atom. The van der Waals surface area contributed by atoms with Crippen molar-refractivity contribution in [1.29, 1.82) is 0 Å².